The van der Waals surface area contributed by atoms with Crippen molar-refractivity contribution < 1.29 is 0 Å². The van der Waals surface area contributed by atoms with Crippen molar-refractivity contribution in [3.8, 4) is 20.9 Å². The number of thiophene rings is 4. The normalized spacial score (nSPS) is 17.5. The average molecular weight is 714 g/mol. The standard InChI is InChI=1S/C22H16Br2Ge2S4/c1-25(2)11-5-10-12(6-9(11)19-17(25)21-13(27-19)7-15(23)29-21)26(3,4)18-20(10)28-14-8-16(24)30-22(14)18/h5-8H,1-4H3. The minimum absolute atomic E-state index is 1.27. The zero-order valence-corrected chi connectivity index (χ0v) is 27.3. The fourth-order valence-electron chi connectivity index (χ4n) is 5.51. The number of benzene rings is 1. The molecule has 2 aliphatic rings. The van der Waals surface area contributed by atoms with Crippen LogP contribution in [0, 0.1) is 0 Å². The quantitative estimate of drug-likeness (QED) is 0.147. The Balaban J connectivity index is 1.55. The van der Waals surface area contributed by atoms with E-state index in [4.69, 9.17) is 0 Å². The topological polar surface area (TPSA) is 0 Å². The molecule has 150 valence electrons. The van der Waals surface area contributed by atoms with Gasteiger partial charge >= 0.3 is 216 Å². The van der Waals surface area contributed by atoms with Gasteiger partial charge in [-0.05, 0) is 0 Å². The number of fused-ring (bicyclic) bond motifs is 10. The second-order valence-corrected chi connectivity index (χ2v) is 34.3. The maximum atomic E-state index is 3.73. The van der Waals surface area contributed by atoms with E-state index in [1.807, 2.05) is 45.3 Å². The van der Waals surface area contributed by atoms with Gasteiger partial charge in [-0.1, -0.05) is 0 Å². The van der Waals surface area contributed by atoms with Crippen molar-refractivity contribution in [1.29, 1.82) is 0 Å². The molecule has 0 saturated carbocycles. The molecule has 0 spiro atoms. The summed E-state index contributed by atoms with van der Waals surface area (Å²) in [4.78, 5) is 3.20. The first-order valence-electron chi connectivity index (χ1n) is 9.82. The van der Waals surface area contributed by atoms with Gasteiger partial charge in [0.2, 0.25) is 0 Å². The number of halogens is 2. The molecule has 0 atom stereocenters. The summed E-state index contributed by atoms with van der Waals surface area (Å²) in [6.07, 6.45) is 0. The molecule has 0 N–H and O–H groups in total. The molecule has 1 aromatic carbocycles. The van der Waals surface area contributed by atoms with Crippen LogP contribution >= 0.6 is 77.2 Å². The molecular weight excluding hydrogens is 698 g/mol. The van der Waals surface area contributed by atoms with E-state index in [0.29, 0.717) is 0 Å². The van der Waals surface area contributed by atoms with Crippen LogP contribution in [0.4, 0.5) is 0 Å². The van der Waals surface area contributed by atoms with Crippen LogP contribution in [0.2, 0.25) is 23.0 Å². The summed E-state index contributed by atoms with van der Waals surface area (Å²) in [5, 5.41) is 0. The summed E-state index contributed by atoms with van der Waals surface area (Å²) in [5.74, 6) is 10.5. The Morgan fingerprint density at radius 1 is 0.600 bits per heavy atom. The molecule has 2 aliphatic heterocycles. The molecule has 0 bridgehead atoms. The zero-order valence-electron chi connectivity index (χ0n) is 16.7. The molecule has 5 aromatic rings. The molecule has 0 radical (unpaired) electrons. The zero-order chi connectivity index (χ0) is 20.7. The van der Waals surface area contributed by atoms with Crippen LogP contribution in [-0.2, 0) is 0 Å². The predicted octanol–water partition coefficient (Wildman–Crippen LogP) is 7.37. The molecule has 0 aliphatic carbocycles. The fraction of sp³-hybridized carbons (Fsp3) is 0.182. The van der Waals surface area contributed by atoms with Crippen molar-refractivity contribution in [2.45, 2.75) is 23.0 Å². The van der Waals surface area contributed by atoms with Gasteiger partial charge in [0.1, 0.15) is 0 Å². The van der Waals surface area contributed by atoms with E-state index in [0.717, 1.165) is 0 Å². The summed E-state index contributed by atoms with van der Waals surface area (Å²) in [6.45, 7) is 0. The average Bonchev–Trinajstić information content (AvgIpc) is 3.41. The van der Waals surface area contributed by atoms with Gasteiger partial charge < -0.3 is 0 Å². The molecule has 0 nitrogen and oxygen atoms in total. The van der Waals surface area contributed by atoms with Crippen LogP contribution in [0.3, 0.4) is 0 Å². The maximum absolute atomic E-state index is 3.73. The van der Waals surface area contributed by atoms with Gasteiger partial charge in [0.25, 0.3) is 0 Å². The number of hydrogen-bond donors (Lipinski definition) is 0. The Morgan fingerprint density at radius 3 is 1.40 bits per heavy atom. The van der Waals surface area contributed by atoms with Gasteiger partial charge in [0.05, 0.1) is 0 Å². The first-order chi connectivity index (χ1) is 14.2. The molecule has 0 saturated heterocycles. The van der Waals surface area contributed by atoms with Crippen molar-refractivity contribution in [2.75, 3.05) is 0 Å². The first-order valence-corrected chi connectivity index (χ1v) is 27.3. The summed E-state index contributed by atoms with van der Waals surface area (Å²) in [7, 11) is 0. The second-order valence-electron chi connectivity index (χ2n) is 9.29. The Kier molecular flexibility index (Phi) is 4.11. The van der Waals surface area contributed by atoms with E-state index in [1.165, 1.54) is 17.0 Å². The van der Waals surface area contributed by atoms with Gasteiger partial charge in [-0.3, -0.25) is 0 Å². The van der Waals surface area contributed by atoms with Crippen molar-refractivity contribution in [2.24, 2.45) is 0 Å². The Morgan fingerprint density at radius 2 is 1.00 bits per heavy atom. The van der Waals surface area contributed by atoms with Crippen molar-refractivity contribution in [3.05, 3.63) is 31.8 Å². The molecule has 0 amide bonds. The van der Waals surface area contributed by atoms with E-state index in [-0.39, 0.29) is 0 Å². The van der Waals surface area contributed by atoms with Crippen LogP contribution in [0.25, 0.3) is 39.7 Å². The predicted molar refractivity (Wildman–Crippen MR) is 153 cm³/mol. The van der Waals surface area contributed by atoms with Gasteiger partial charge in [-0.25, -0.2) is 0 Å². The molecule has 8 heteroatoms. The third kappa shape index (κ3) is 2.33. The van der Waals surface area contributed by atoms with Gasteiger partial charge in [-0.15, -0.1) is 0 Å². The molecular formula is C22H16Br2Ge2S4. The second kappa shape index (κ2) is 6.17. The molecule has 4 aromatic heterocycles. The SMILES string of the molecule is [CH3][Ge]1([CH3])[c]2cc3[c](cc2-c2sc4cc(Br)sc4[c]21)[Ge]([CH3])([CH3])[c]1c-3sc2cc(Br)sc12. The summed E-state index contributed by atoms with van der Waals surface area (Å²) in [6, 6.07) is 10.00. The van der Waals surface area contributed by atoms with Crippen molar-refractivity contribution >= 4 is 140 Å². The fourth-order valence-corrected chi connectivity index (χ4v) is 31.8. The van der Waals surface area contributed by atoms with Crippen LogP contribution < -0.4 is 17.6 Å². The van der Waals surface area contributed by atoms with Crippen LogP contribution in [0.5, 0.6) is 0 Å². The van der Waals surface area contributed by atoms with Gasteiger partial charge in [0, 0.05) is 0 Å². The molecule has 7 rings (SSSR count). The number of hydrogen-bond acceptors (Lipinski definition) is 4. The van der Waals surface area contributed by atoms with Crippen molar-refractivity contribution in [3.63, 3.8) is 0 Å². The Bertz CT molecular complexity index is 1460. The van der Waals surface area contributed by atoms with E-state index >= 15 is 0 Å². The summed E-state index contributed by atoms with van der Waals surface area (Å²) in [5.41, 5.74) is 3.19. The van der Waals surface area contributed by atoms with Crippen molar-refractivity contribution in [1.82, 2.24) is 0 Å². The third-order valence-electron chi connectivity index (χ3n) is 6.91. The molecule has 30 heavy (non-hydrogen) atoms. The van der Waals surface area contributed by atoms with Gasteiger partial charge in [-0.2, -0.15) is 0 Å². The molecule has 0 fully saturated rings. The molecule has 0 unspecified atom stereocenters. The first kappa shape index (κ1) is 20.0. The van der Waals surface area contributed by atoms with E-state index < -0.39 is 26.5 Å². The third-order valence-corrected chi connectivity index (χ3v) is 29.1. The van der Waals surface area contributed by atoms with Gasteiger partial charge in [0.15, 0.2) is 0 Å². The van der Waals surface area contributed by atoms with E-state index in [1.54, 1.807) is 47.9 Å². The van der Waals surface area contributed by atoms with E-state index in [9.17, 15) is 0 Å². The van der Waals surface area contributed by atoms with Crippen LogP contribution in [0.15, 0.2) is 31.8 Å². The minimum atomic E-state index is -2.32. The molecule has 6 heterocycles. The summed E-state index contributed by atoms with van der Waals surface area (Å²) >= 11 is 10.8. The van der Waals surface area contributed by atoms with Crippen LogP contribution in [0.1, 0.15) is 0 Å². The monoisotopic (exact) mass is 714 g/mol. The number of rotatable bonds is 0. The Labute approximate surface area is 213 Å². The Hall–Kier alpha value is 0.586. The summed E-state index contributed by atoms with van der Waals surface area (Å²) < 4.78 is 15.5. The van der Waals surface area contributed by atoms with Crippen LogP contribution in [-0.4, -0.2) is 26.5 Å². The van der Waals surface area contributed by atoms with E-state index in [2.05, 4.69) is 79.2 Å².